The summed E-state index contributed by atoms with van der Waals surface area (Å²) in [6.45, 7) is 7.46. The summed E-state index contributed by atoms with van der Waals surface area (Å²) in [5, 5.41) is 6.40. The van der Waals surface area contributed by atoms with Gasteiger partial charge in [0.2, 0.25) is 5.91 Å². The van der Waals surface area contributed by atoms with Gasteiger partial charge in [-0.25, -0.2) is 0 Å². The normalized spacial score (nSPS) is 27.0. The van der Waals surface area contributed by atoms with Gasteiger partial charge < -0.3 is 20.3 Å². The SMILES string of the molecule is C=C1CCC(N2Cc3cc(O[C@H]4CCCC[C@H]4NCCC)ccc3C2=O)C(=O)N1. The number of carbonyl (C=O) groups excluding carboxylic acids is 2. The van der Waals surface area contributed by atoms with Crippen LogP contribution in [0.1, 0.15) is 67.8 Å². The topological polar surface area (TPSA) is 70.7 Å². The van der Waals surface area contributed by atoms with Gasteiger partial charge in [-0.1, -0.05) is 19.9 Å². The van der Waals surface area contributed by atoms with Gasteiger partial charge in [0.15, 0.2) is 0 Å². The van der Waals surface area contributed by atoms with E-state index in [0.717, 1.165) is 42.8 Å². The highest BCUT2D eigenvalue weighted by Gasteiger charge is 2.38. The highest BCUT2D eigenvalue weighted by atomic mass is 16.5. The minimum atomic E-state index is -0.425. The van der Waals surface area contributed by atoms with Gasteiger partial charge in [0, 0.05) is 23.8 Å². The predicted molar refractivity (Wildman–Crippen MR) is 112 cm³/mol. The van der Waals surface area contributed by atoms with Crippen LogP contribution in [-0.4, -0.2) is 41.4 Å². The molecular weight excluding hydrogens is 366 g/mol. The molecule has 3 atom stereocenters. The highest BCUT2D eigenvalue weighted by molar-refractivity contribution is 6.01. The van der Waals surface area contributed by atoms with Gasteiger partial charge in [0.05, 0.1) is 0 Å². The lowest BCUT2D eigenvalue weighted by atomic mass is 9.92. The van der Waals surface area contributed by atoms with E-state index in [1.165, 1.54) is 12.8 Å². The number of nitrogens with zero attached hydrogens (tertiary/aromatic N) is 1. The van der Waals surface area contributed by atoms with Crippen molar-refractivity contribution in [2.24, 2.45) is 0 Å². The van der Waals surface area contributed by atoms with E-state index in [1.54, 1.807) is 4.90 Å². The van der Waals surface area contributed by atoms with Crippen LogP contribution in [0.3, 0.4) is 0 Å². The number of fused-ring (bicyclic) bond motifs is 1. The zero-order valence-corrected chi connectivity index (χ0v) is 17.2. The molecule has 0 aromatic heterocycles. The maximum absolute atomic E-state index is 12.9. The summed E-state index contributed by atoms with van der Waals surface area (Å²) in [7, 11) is 0. The fourth-order valence-corrected chi connectivity index (χ4v) is 4.68. The lowest BCUT2D eigenvalue weighted by Gasteiger charge is -2.32. The van der Waals surface area contributed by atoms with Crippen molar-refractivity contribution in [2.75, 3.05) is 6.54 Å². The van der Waals surface area contributed by atoms with Crippen molar-refractivity contribution in [3.63, 3.8) is 0 Å². The van der Waals surface area contributed by atoms with E-state index in [0.29, 0.717) is 31.0 Å². The standard InChI is InChI=1S/C23H31N3O3/c1-3-12-24-19-6-4-5-7-21(19)29-17-9-10-18-16(13-17)14-26(23(18)28)20-11-8-15(2)25-22(20)27/h9-10,13,19-21,24H,2-8,11-12,14H2,1H3,(H,25,27)/t19-,20?,21+/m1/s1. The average molecular weight is 398 g/mol. The van der Waals surface area contributed by atoms with E-state index in [1.807, 2.05) is 18.2 Å². The van der Waals surface area contributed by atoms with Crippen LogP contribution in [0.2, 0.25) is 0 Å². The number of allylic oxidation sites excluding steroid dienone is 1. The van der Waals surface area contributed by atoms with E-state index >= 15 is 0 Å². The fourth-order valence-electron chi connectivity index (χ4n) is 4.68. The summed E-state index contributed by atoms with van der Waals surface area (Å²) >= 11 is 0. The molecule has 2 aliphatic heterocycles. The first kappa shape index (κ1) is 20.0. The summed E-state index contributed by atoms with van der Waals surface area (Å²) in [5.74, 6) is 0.611. The third kappa shape index (κ3) is 4.17. The van der Waals surface area contributed by atoms with E-state index in [4.69, 9.17) is 4.74 Å². The molecule has 0 radical (unpaired) electrons. The Balaban J connectivity index is 1.46. The third-order valence-corrected chi connectivity index (χ3v) is 6.25. The molecule has 1 aromatic carbocycles. The van der Waals surface area contributed by atoms with E-state index in [-0.39, 0.29) is 17.9 Å². The average Bonchev–Trinajstić information content (AvgIpc) is 3.03. The zero-order chi connectivity index (χ0) is 20.4. The third-order valence-electron chi connectivity index (χ3n) is 6.25. The lowest BCUT2D eigenvalue weighted by Crippen LogP contribution is -2.49. The first-order valence-corrected chi connectivity index (χ1v) is 10.9. The molecule has 1 aromatic rings. The van der Waals surface area contributed by atoms with Gasteiger partial charge >= 0.3 is 0 Å². The molecular formula is C23H31N3O3. The Morgan fingerprint density at radius 3 is 2.86 bits per heavy atom. The molecule has 0 spiro atoms. The van der Waals surface area contributed by atoms with Crippen LogP contribution >= 0.6 is 0 Å². The van der Waals surface area contributed by atoms with Gasteiger partial charge in [0.25, 0.3) is 5.91 Å². The summed E-state index contributed by atoms with van der Waals surface area (Å²) in [4.78, 5) is 26.9. The number of hydrogen-bond donors (Lipinski definition) is 2. The van der Waals surface area contributed by atoms with Gasteiger partial charge in [-0.2, -0.15) is 0 Å². The highest BCUT2D eigenvalue weighted by Crippen LogP contribution is 2.32. The molecule has 29 heavy (non-hydrogen) atoms. The van der Waals surface area contributed by atoms with Crippen LogP contribution in [0.5, 0.6) is 5.75 Å². The molecule has 3 aliphatic rings. The van der Waals surface area contributed by atoms with Crippen molar-refractivity contribution in [1.29, 1.82) is 0 Å². The second-order valence-electron chi connectivity index (χ2n) is 8.40. The number of ether oxygens (including phenoxy) is 1. The number of piperidine rings is 1. The molecule has 2 N–H and O–H groups in total. The van der Waals surface area contributed by atoms with Crippen LogP contribution in [0.4, 0.5) is 0 Å². The number of hydrogen-bond acceptors (Lipinski definition) is 4. The fraction of sp³-hybridized carbons (Fsp3) is 0.565. The molecule has 6 nitrogen and oxygen atoms in total. The van der Waals surface area contributed by atoms with E-state index in [9.17, 15) is 9.59 Å². The minimum Gasteiger partial charge on any atom is -0.489 e. The van der Waals surface area contributed by atoms with Gasteiger partial charge in [-0.05, 0) is 68.8 Å². The molecule has 2 fully saturated rings. The smallest absolute Gasteiger partial charge is 0.255 e. The number of carbonyl (C=O) groups is 2. The molecule has 4 rings (SSSR count). The Kier molecular flexibility index (Phi) is 5.90. The largest absolute Gasteiger partial charge is 0.489 e. The zero-order valence-electron chi connectivity index (χ0n) is 17.2. The maximum Gasteiger partial charge on any atom is 0.255 e. The lowest BCUT2D eigenvalue weighted by molar-refractivity contribution is -0.126. The maximum atomic E-state index is 12.9. The van der Waals surface area contributed by atoms with E-state index in [2.05, 4.69) is 24.1 Å². The van der Waals surface area contributed by atoms with Crippen molar-refractivity contribution in [3.8, 4) is 5.75 Å². The summed E-state index contributed by atoms with van der Waals surface area (Å²) in [6, 6.07) is 5.69. The number of rotatable bonds is 6. The molecule has 1 saturated carbocycles. The Morgan fingerprint density at radius 2 is 2.07 bits per heavy atom. The molecule has 1 unspecified atom stereocenters. The Labute approximate surface area is 172 Å². The molecule has 6 heteroatoms. The molecule has 0 bridgehead atoms. The van der Waals surface area contributed by atoms with Crippen molar-refractivity contribution in [1.82, 2.24) is 15.5 Å². The second kappa shape index (κ2) is 8.57. The van der Waals surface area contributed by atoms with Gasteiger partial charge in [-0.3, -0.25) is 9.59 Å². The second-order valence-corrected chi connectivity index (χ2v) is 8.40. The summed E-state index contributed by atoms with van der Waals surface area (Å²) in [6.07, 6.45) is 7.23. The molecule has 156 valence electrons. The molecule has 2 amide bonds. The van der Waals surface area contributed by atoms with Gasteiger partial charge in [-0.15, -0.1) is 0 Å². The van der Waals surface area contributed by atoms with Crippen LogP contribution in [0.15, 0.2) is 30.5 Å². The summed E-state index contributed by atoms with van der Waals surface area (Å²) < 4.78 is 6.36. The Bertz CT molecular complexity index is 807. The minimum absolute atomic E-state index is 0.0700. The van der Waals surface area contributed by atoms with E-state index < -0.39 is 6.04 Å². The summed E-state index contributed by atoms with van der Waals surface area (Å²) in [5.41, 5.74) is 2.35. The Hall–Kier alpha value is -2.34. The van der Waals surface area contributed by atoms with Crippen LogP contribution in [0, 0.1) is 0 Å². The first-order valence-electron chi connectivity index (χ1n) is 10.9. The Morgan fingerprint density at radius 1 is 1.24 bits per heavy atom. The molecule has 2 heterocycles. The first-order chi connectivity index (χ1) is 14.1. The van der Waals surface area contributed by atoms with Crippen molar-refractivity contribution in [2.45, 2.75) is 76.6 Å². The monoisotopic (exact) mass is 397 g/mol. The van der Waals surface area contributed by atoms with Crippen LogP contribution < -0.4 is 15.4 Å². The number of amides is 2. The molecule has 1 saturated heterocycles. The van der Waals surface area contributed by atoms with Crippen LogP contribution in [-0.2, 0) is 11.3 Å². The number of benzene rings is 1. The quantitative estimate of drug-likeness (QED) is 0.774. The van der Waals surface area contributed by atoms with Crippen molar-refractivity contribution in [3.05, 3.63) is 41.6 Å². The van der Waals surface area contributed by atoms with Crippen molar-refractivity contribution < 1.29 is 14.3 Å². The predicted octanol–water partition coefficient (Wildman–Crippen LogP) is 3.12. The van der Waals surface area contributed by atoms with Gasteiger partial charge in [0.1, 0.15) is 17.9 Å². The van der Waals surface area contributed by atoms with Crippen molar-refractivity contribution >= 4 is 11.8 Å². The number of nitrogens with one attached hydrogen (secondary N) is 2. The molecule has 1 aliphatic carbocycles. The van der Waals surface area contributed by atoms with Crippen LogP contribution in [0.25, 0.3) is 0 Å².